The van der Waals surface area contributed by atoms with Gasteiger partial charge in [-0.25, -0.2) is 4.98 Å². The summed E-state index contributed by atoms with van der Waals surface area (Å²) in [6.45, 7) is 2.97. The maximum atomic E-state index is 13.6. The summed E-state index contributed by atoms with van der Waals surface area (Å²) in [4.78, 5) is 36.7. The zero-order chi connectivity index (χ0) is 33.8. The third-order valence-electron chi connectivity index (χ3n) is 8.89. The number of halogens is 3. The number of rotatable bonds is 12. The molecule has 1 unspecified atom stereocenters. The minimum atomic E-state index is -0.367. The normalized spacial score (nSPS) is 16.1. The number of fused-ring (bicyclic) bond motifs is 1. The van der Waals surface area contributed by atoms with Gasteiger partial charge in [0.15, 0.2) is 5.82 Å². The van der Waals surface area contributed by atoms with Crippen LogP contribution in [-0.2, 0) is 31.4 Å². The molecule has 1 saturated heterocycles. The van der Waals surface area contributed by atoms with Crippen molar-refractivity contribution in [3.8, 4) is 28.1 Å². The molecule has 1 atom stereocenters. The van der Waals surface area contributed by atoms with Gasteiger partial charge >= 0.3 is 0 Å². The van der Waals surface area contributed by atoms with E-state index in [1.807, 2.05) is 41.9 Å². The molecule has 3 N–H and O–H groups in total. The SMILES string of the molecule is COc1cc(-c2nccc(-c3cccc(NC(=O)c4nc5c(n4C)CCN(CC4CCC(=O)N4)C5)c3Cl)c2Cl)ccc1CNCCCF. The largest absolute Gasteiger partial charge is 0.496 e. The van der Waals surface area contributed by atoms with E-state index in [0.717, 1.165) is 48.4 Å². The Labute approximate surface area is 289 Å². The molecule has 6 rings (SSSR count). The van der Waals surface area contributed by atoms with Gasteiger partial charge in [-0.15, -0.1) is 0 Å². The average molecular weight is 695 g/mol. The number of ether oxygens (including phenoxy) is 1. The number of hydrogen-bond acceptors (Lipinski definition) is 7. The number of anilines is 1. The van der Waals surface area contributed by atoms with Crippen LogP contribution in [-0.4, -0.2) is 70.7 Å². The molecular weight excluding hydrogens is 656 g/mol. The fourth-order valence-electron chi connectivity index (χ4n) is 6.39. The highest BCUT2D eigenvalue weighted by atomic mass is 35.5. The van der Waals surface area contributed by atoms with Crippen molar-refractivity contribution < 1.29 is 18.7 Å². The molecule has 0 radical (unpaired) electrons. The molecule has 2 aliphatic rings. The molecule has 10 nitrogen and oxygen atoms in total. The second kappa shape index (κ2) is 15.0. The van der Waals surface area contributed by atoms with Gasteiger partial charge in [-0.1, -0.05) is 47.5 Å². The number of benzene rings is 2. The Morgan fingerprint density at radius 3 is 2.75 bits per heavy atom. The predicted molar refractivity (Wildman–Crippen MR) is 185 cm³/mol. The first kappa shape index (κ1) is 33.9. The average Bonchev–Trinajstić information content (AvgIpc) is 3.65. The number of carbonyl (C=O) groups is 2. The monoisotopic (exact) mass is 693 g/mol. The molecule has 2 aromatic heterocycles. The van der Waals surface area contributed by atoms with Crippen LogP contribution in [0.15, 0.2) is 48.7 Å². The van der Waals surface area contributed by atoms with Crippen LogP contribution in [0.5, 0.6) is 5.75 Å². The summed E-state index contributed by atoms with van der Waals surface area (Å²) < 4.78 is 19.9. The maximum absolute atomic E-state index is 13.6. The Bertz CT molecular complexity index is 1830. The van der Waals surface area contributed by atoms with Crippen LogP contribution in [0.2, 0.25) is 10.0 Å². The summed E-state index contributed by atoms with van der Waals surface area (Å²) in [6.07, 6.45) is 4.29. The Morgan fingerprint density at radius 2 is 1.98 bits per heavy atom. The van der Waals surface area contributed by atoms with E-state index in [1.54, 1.807) is 25.4 Å². The quantitative estimate of drug-likeness (QED) is 0.161. The van der Waals surface area contributed by atoms with E-state index in [0.29, 0.717) is 76.6 Å². The number of carbonyl (C=O) groups excluding carboxylic acids is 2. The van der Waals surface area contributed by atoms with Gasteiger partial charge in [0.2, 0.25) is 5.91 Å². The number of nitrogens with one attached hydrogen (secondary N) is 3. The molecule has 0 bridgehead atoms. The third kappa shape index (κ3) is 7.19. The standard InChI is InChI=1S/C35H38Cl2FN7O3/c1-44-28-12-16-45(19-23-9-10-30(46)41-23)20-27(28)42-34(44)35(47)43-26-6-3-5-24(31(26)36)25-11-15-40-33(32(25)37)21-7-8-22(29(17-21)48-2)18-39-14-4-13-38/h3,5-8,11,15,17,23,39H,4,9-10,12-14,16,18-20H2,1-2H3,(H,41,46)(H,43,47). The van der Waals surface area contributed by atoms with Crippen LogP contribution in [0, 0.1) is 0 Å². The van der Waals surface area contributed by atoms with E-state index in [9.17, 15) is 14.0 Å². The molecular formula is C35H38Cl2FN7O3. The van der Waals surface area contributed by atoms with Gasteiger partial charge < -0.3 is 25.3 Å². The molecule has 2 amide bonds. The van der Waals surface area contributed by atoms with Gasteiger partial charge in [0.05, 0.1) is 40.9 Å². The summed E-state index contributed by atoms with van der Waals surface area (Å²) in [5.41, 5.74) is 5.87. The number of hydrogen-bond donors (Lipinski definition) is 3. The lowest BCUT2D eigenvalue weighted by Gasteiger charge is -2.28. The fraction of sp³-hybridized carbons (Fsp3) is 0.371. The van der Waals surface area contributed by atoms with Gasteiger partial charge in [0.1, 0.15) is 5.75 Å². The predicted octanol–water partition coefficient (Wildman–Crippen LogP) is 5.80. The lowest BCUT2D eigenvalue weighted by molar-refractivity contribution is -0.119. The highest BCUT2D eigenvalue weighted by molar-refractivity contribution is 6.39. The van der Waals surface area contributed by atoms with Gasteiger partial charge in [0, 0.05) is 86.3 Å². The van der Waals surface area contributed by atoms with E-state index >= 15 is 0 Å². The third-order valence-corrected chi connectivity index (χ3v) is 9.68. The van der Waals surface area contributed by atoms with Crippen LogP contribution in [0.4, 0.5) is 10.1 Å². The fourth-order valence-corrected chi connectivity index (χ4v) is 6.99. The number of nitrogens with zero attached hydrogens (tertiary/aromatic N) is 4. The van der Waals surface area contributed by atoms with Crippen molar-refractivity contribution in [1.82, 2.24) is 30.1 Å². The minimum absolute atomic E-state index is 0.103. The number of methoxy groups -OCH3 is 1. The van der Waals surface area contributed by atoms with Crippen molar-refractivity contribution in [2.45, 2.75) is 44.8 Å². The second-order valence-electron chi connectivity index (χ2n) is 12.1. The Balaban J connectivity index is 1.20. The van der Waals surface area contributed by atoms with Crippen LogP contribution in [0.3, 0.4) is 0 Å². The van der Waals surface area contributed by atoms with E-state index in [4.69, 9.17) is 32.9 Å². The molecule has 48 heavy (non-hydrogen) atoms. The van der Waals surface area contributed by atoms with Gasteiger partial charge in [-0.2, -0.15) is 0 Å². The Hall–Kier alpha value is -4.03. The zero-order valence-electron chi connectivity index (χ0n) is 26.9. The van der Waals surface area contributed by atoms with Crippen molar-refractivity contribution in [3.63, 3.8) is 0 Å². The topological polar surface area (TPSA) is 113 Å². The van der Waals surface area contributed by atoms with Crippen molar-refractivity contribution in [2.24, 2.45) is 7.05 Å². The molecule has 0 spiro atoms. The van der Waals surface area contributed by atoms with Crippen LogP contribution >= 0.6 is 23.2 Å². The van der Waals surface area contributed by atoms with E-state index in [-0.39, 0.29) is 24.5 Å². The maximum Gasteiger partial charge on any atom is 0.291 e. The summed E-state index contributed by atoms with van der Waals surface area (Å²) in [7, 11) is 3.46. The second-order valence-corrected chi connectivity index (χ2v) is 12.8. The molecule has 0 saturated carbocycles. The molecule has 2 aromatic carbocycles. The number of aromatic nitrogens is 3. The van der Waals surface area contributed by atoms with Gasteiger partial charge in [0.25, 0.3) is 5.91 Å². The summed E-state index contributed by atoms with van der Waals surface area (Å²) >= 11 is 13.9. The molecule has 0 aliphatic carbocycles. The van der Waals surface area contributed by atoms with Gasteiger partial charge in [-0.3, -0.25) is 23.9 Å². The highest BCUT2D eigenvalue weighted by Gasteiger charge is 2.29. The summed E-state index contributed by atoms with van der Waals surface area (Å²) in [5, 5.41) is 9.94. The van der Waals surface area contributed by atoms with E-state index in [2.05, 4.69) is 25.8 Å². The first-order chi connectivity index (χ1) is 23.3. The lowest BCUT2D eigenvalue weighted by Crippen LogP contribution is -2.41. The lowest BCUT2D eigenvalue weighted by atomic mass is 10.0. The highest BCUT2D eigenvalue weighted by Crippen LogP contribution is 2.41. The first-order valence-electron chi connectivity index (χ1n) is 16.0. The summed E-state index contributed by atoms with van der Waals surface area (Å²) in [5.74, 6) is 0.703. The Kier molecular flexibility index (Phi) is 10.6. The molecule has 2 aliphatic heterocycles. The van der Waals surface area contributed by atoms with Crippen LogP contribution in [0.1, 0.15) is 46.8 Å². The van der Waals surface area contributed by atoms with Crippen LogP contribution in [0.25, 0.3) is 22.4 Å². The number of amides is 2. The van der Waals surface area contributed by atoms with E-state index < -0.39 is 0 Å². The van der Waals surface area contributed by atoms with Crippen LogP contribution < -0.4 is 20.7 Å². The van der Waals surface area contributed by atoms with Gasteiger partial charge in [-0.05, 0) is 37.6 Å². The smallest absolute Gasteiger partial charge is 0.291 e. The van der Waals surface area contributed by atoms with Crippen molar-refractivity contribution in [1.29, 1.82) is 0 Å². The molecule has 4 heterocycles. The van der Waals surface area contributed by atoms with Crippen molar-refractivity contribution in [3.05, 3.63) is 81.5 Å². The molecule has 13 heteroatoms. The number of imidazole rings is 1. The first-order valence-corrected chi connectivity index (χ1v) is 16.8. The van der Waals surface area contributed by atoms with E-state index in [1.165, 1.54) is 0 Å². The summed E-state index contributed by atoms with van der Waals surface area (Å²) in [6, 6.07) is 13.1. The minimum Gasteiger partial charge on any atom is -0.496 e. The number of alkyl halides is 1. The van der Waals surface area contributed by atoms with Crippen molar-refractivity contribution >= 4 is 40.7 Å². The molecule has 1 fully saturated rings. The molecule has 252 valence electrons. The molecule has 4 aromatic rings. The zero-order valence-corrected chi connectivity index (χ0v) is 28.4. The Morgan fingerprint density at radius 1 is 1.15 bits per heavy atom. The number of pyridine rings is 1. The van der Waals surface area contributed by atoms with Crippen molar-refractivity contribution in [2.75, 3.05) is 38.7 Å².